The minimum Gasteiger partial charge on any atom is -0.462 e. The van der Waals surface area contributed by atoms with Crippen molar-refractivity contribution in [3.05, 3.63) is 23.8 Å². The molecule has 0 radical (unpaired) electrons. The fourth-order valence-corrected chi connectivity index (χ4v) is 3.65. The number of rotatable bonds is 6. The molecule has 130 valence electrons. The third-order valence-electron chi connectivity index (χ3n) is 2.98. The molecular formula is C13H20N2O6S2. The fourth-order valence-electron chi connectivity index (χ4n) is 1.67. The van der Waals surface area contributed by atoms with Crippen molar-refractivity contribution < 1.29 is 26.4 Å². The summed E-state index contributed by atoms with van der Waals surface area (Å²) >= 11 is 0. The smallest absolute Gasteiger partial charge is 0.339 e. The Balaban J connectivity index is 3.67. The Labute approximate surface area is 136 Å². The topological polar surface area (TPSA) is 101 Å². The lowest BCUT2D eigenvalue weighted by Gasteiger charge is -2.17. The van der Waals surface area contributed by atoms with Gasteiger partial charge in [-0.2, -0.15) is 0 Å². The van der Waals surface area contributed by atoms with Crippen LogP contribution in [-0.4, -0.2) is 66.2 Å². The highest BCUT2D eigenvalue weighted by Crippen LogP contribution is 2.24. The van der Waals surface area contributed by atoms with Crippen LogP contribution in [0.25, 0.3) is 0 Å². The van der Waals surface area contributed by atoms with Gasteiger partial charge in [0, 0.05) is 28.2 Å². The van der Waals surface area contributed by atoms with Crippen molar-refractivity contribution in [2.75, 3.05) is 34.8 Å². The fraction of sp³-hybridized carbons (Fsp3) is 0.462. The molecule has 0 N–H and O–H groups in total. The summed E-state index contributed by atoms with van der Waals surface area (Å²) in [7, 11) is -2.44. The molecule has 0 aromatic heterocycles. The summed E-state index contributed by atoms with van der Waals surface area (Å²) < 4.78 is 55.7. The largest absolute Gasteiger partial charge is 0.462 e. The zero-order valence-corrected chi connectivity index (χ0v) is 15.2. The molecule has 1 rings (SSSR count). The van der Waals surface area contributed by atoms with E-state index in [1.807, 2.05) is 0 Å². The molecule has 0 bridgehead atoms. The second-order valence-electron chi connectivity index (χ2n) is 4.95. The van der Waals surface area contributed by atoms with Gasteiger partial charge in [-0.3, -0.25) is 0 Å². The van der Waals surface area contributed by atoms with E-state index in [4.69, 9.17) is 4.74 Å². The van der Waals surface area contributed by atoms with Gasteiger partial charge in [-0.15, -0.1) is 0 Å². The standard InChI is InChI=1S/C13H20N2O6S2/c1-6-21-13(16)11-9-10(22(17,18)14(2)3)7-8-12(11)23(19,20)15(4)5/h7-9H,6H2,1-5H3. The number of esters is 1. The molecule has 0 amide bonds. The predicted molar refractivity (Wildman–Crippen MR) is 84.1 cm³/mol. The summed E-state index contributed by atoms with van der Waals surface area (Å²) in [4.78, 5) is 11.6. The lowest BCUT2D eigenvalue weighted by Crippen LogP contribution is -2.26. The monoisotopic (exact) mass is 364 g/mol. The van der Waals surface area contributed by atoms with Crippen molar-refractivity contribution in [2.24, 2.45) is 0 Å². The summed E-state index contributed by atoms with van der Waals surface area (Å²) in [5, 5.41) is 0. The molecule has 0 aliphatic heterocycles. The molecule has 0 spiro atoms. The van der Waals surface area contributed by atoms with Gasteiger partial charge in [0.1, 0.15) is 0 Å². The molecule has 0 saturated heterocycles. The third kappa shape index (κ3) is 3.89. The first-order valence-corrected chi connectivity index (χ1v) is 9.50. The van der Waals surface area contributed by atoms with Crippen molar-refractivity contribution >= 4 is 26.0 Å². The number of sulfonamides is 2. The molecule has 0 heterocycles. The molecule has 0 saturated carbocycles. The predicted octanol–water partition coefficient (Wildman–Crippen LogP) is 0.364. The Morgan fingerprint density at radius 1 is 1.00 bits per heavy atom. The first-order valence-electron chi connectivity index (χ1n) is 6.62. The molecule has 1 aromatic rings. The molecule has 0 aliphatic carbocycles. The SMILES string of the molecule is CCOC(=O)c1cc(S(=O)(=O)N(C)C)ccc1S(=O)(=O)N(C)C. The van der Waals surface area contributed by atoms with Crippen molar-refractivity contribution in [2.45, 2.75) is 16.7 Å². The van der Waals surface area contributed by atoms with Crippen LogP contribution >= 0.6 is 0 Å². The maximum absolute atomic E-state index is 12.3. The van der Waals surface area contributed by atoms with Crippen LogP contribution in [0.1, 0.15) is 17.3 Å². The first kappa shape index (κ1) is 19.6. The number of nitrogens with zero attached hydrogens (tertiary/aromatic N) is 2. The van der Waals surface area contributed by atoms with Gasteiger partial charge in [0.05, 0.1) is 22.0 Å². The molecule has 8 nitrogen and oxygen atoms in total. The number of ether oxygens (including phenoxy) is 1. The van der Waals surface area contributed by atoms with Crippen LogP contribution in [-0.2, 0) is 24.8 Å². The van der Waals surface area contributed by atoms with Crippen molar-refractivity contribution in [3.63, 3.8) is 0 Å². The zero-order valence-electron chi connectivity index (χ0n) is 13.6. The van der Waals surface area contributed by atoms with Gasteiger partial charge in [-0.05, 0) is 25.1 Å². The second-order valence-corrected chi connectivity index (χ2v) is 9.23. The Morgan fingerprint density at radius 2 is 1.52 bits per heavy atom. The molecule has 0 unspecified atom stereocenters. The molecule has 23 heavy (non-hydrogen) atoms. The average molecular weight is 364 g/mol. The van der Waals surface area contributed by atoms with Crippen LogP contribution in [0.2, 0.25) is 0 Å². The van der Waals surface area contributed by atoms with Crippen LogP contribution in [0.15, 0.2) is 28.0 Å². The van der Waals surface area contributed by atoms with E-state index in [-0.39, 0.29) is 22.0 Å². The van der Waals surface area contributed by atoms with Gasteiger partial charge in [0.15, 0.2) is 0 Å². The first-order chi connectivity index (χ1) is 10.5. The van der Waals surface area contributed by atoms with Gasteiger partial charge in [0.2, 0.25) is 20.0 Å². The maximum atomic E-state index is 12.3. The lowest BCUT2D eigenvalue weighted by molar-refractivity contribution is 0.0521. The molecular weight excluding hydrogens is 344 g/mol. The van der Waals surface area contributed by atoms with Crippen LogP contribution < -0.4 is 0 Å². The normalized spacial score (nSPS) is 12.7. The lowest BCUT2D eigenvalue weighted by atomic mass is 10.2. The van der Waals surface area contributed by atoms with E-state index in [1.54, 1.807) is 6.92 Å². The van der Waals surface area contributed by atoms with E-state index >= 15 is 0 Å². The van der Waals surface area contributed by atoms with E-state index in [0.717, 1.165) is 26.8 Å². The second kappa shape index (κ2) is 6.95. The Morgan fingerprint density at radius 3 is 1.96 bits per heavy atom. The average Bonchev–Trinajstić information content (AvgIpc) is 2.46. The van der Waals surface area contributed by atoms with E-state index < -0.39 is 26.0 Å². The van der Waals surface area contributed by atoms with Gasteiger partial charge in [-0.1, -0.05) is 0 Å². The molecule has 0 fully saturated rings. The zero-order chi connectivity index (χ0) is 18.0. The van der Waals surface area contributed by atoms with Crippen LogP contribution in [0.5, 0.6) is 0 Å². The Bertz CT molecular complexity index is 798. The number of carbonyl (C=O) groups is 1. The van der Waals surface area contributed by atoms with E-state index in [9.17, 15) is 21.6 Å². The van der Waals surface area contributed by atoms with Crippen LogP contribution in [0, 0.1) is 0 Å². The molecule has 1 aromatic carbocycles. The number of hydrogen-bond acceptors (Lipinski definition) is 6. The van der Waals surface area contributed by atoms with Crippen molar-refractivity contribution in [1.29, 1.82) is 0 Å². The Hall–Kier alpha value is -1.49. The summed E-state index contributed by atoms with van der Waals surface area (Å²) in [6, 6.07) is 3.26. The number of benzene rings is 1. The summed E-state index contributed by atoms with van der Waals surface area (Å²) in [5.41, 5.74) is -0.316. The van der Waals surface area contributed by atoms with Gasteiger partial charge in [-0.25, -0.2) is 30.2 Å². The highest BCUT2D eigenvalue weighted by molar-refractivity contribution is 7.89. The molecule has 0 aliphatic rings. The van der Waals surface area contributed by atoms with Crippen LogP contribution in [0.4, 0.5) is 0 Å². The summed E-state index contributed by atoms with van der Waals surface area (Å²) in [5.74, 6) is -0.899. The summed E-state index contributed by atoms with van der Waals surface area (Å²) in [6.07, 6.45) is 0. The third-order valence-corrected chi connectivity index (χ3v) is 6.67. The number of carbonyl (C=O) groups excluding carboxylic acids is 1. The van der Waals surface area contributed by atoms with Crippen molar-refractivity contribution in [3.8, 4) is 0 Å². The van der Waals surface area contributed by atoms with Gasteiger partial charge < -0.3 is 4.74 Å². The van der Waals surface area contributed by atoms with Gasteiger partial charge >= 0.3 is 5.97 Å². The molecule has 10 heteroatoms. The van der Waals surface area contributed by atoms with E-state index in [1.165, 1.54) is 28.2 Å². The highest BCUT2D eigenvalue weighted by Gasteiger charge is 2.28. The van der Waals surface area contributed by atoms with E-state index in [0.29, 0.717) is 0 Å². The molecule has 0 atom stereocenters. The Kier molecular flexibility index (Phi) is 5.91. The minimum absolute atomic E-state index is 0.0327. The minimum atomic E-state index is -3.93. The van der Waals surface area contributed by atoms with Gasteiger partial charge in [0.25, 0.3) is 0 Å². The van der Waals surface area contributed by atoms with Crippen LogP contribution in [0.3, 0.4) is 0 Å². The quantitative estimate of drug-likeness (QED) is 0.676. The summed E-state index contributed by atoms with van der Waals surface area (Å²) in [6.45, 7) is 1.60. The maximum Gasteiger partial charge on any atom is 0.339 e. The van der Waals surface area contributed by atoms with Crippen molar-refractivity contribution in [1.82, 2.24) is 8.61 Å². The highest BCUT2D eigenvalue weighted by atomic mass is 32.2. The number of hydrogen-bond donors (Lipinski definition) is 0. The van der Waals surface area contributed by atoms with E-state index in [2.05, 4.69) is 0 Å².